The average molecular weight is 853 g/mol. The van der Waals surface area contributed by atoms with Gasteiger partial charge in [-0.3, -0.25) is 18.6 Å². The van der Waals surface area contributed by atoms with Crippen LogP contribution in [-0.4, -0.2) is 103 Å². The zero-order chi connectivity index (χ0) is 42.7. The number of amides is 1. The number of carboxylic acids is 3. The van der Waals surface area contributed by atoms with Crippen LogP contribution in [0.4, 0.5) is 0 Å². The van der Waals surface area contributed by atoms with Crippen molar-refractivity contribution >= 4 is 68.6 Å². The molecule has 4 aromatic rings. The van der Waals surface area contributed by atoms with Crippen LogP contribution in [0.2, 0.25) is 10.0 Å². The second kappa shape index (κ2) is 20.7. The number of piperidine rings is 1. The van der Waals surface area contributed by atoms with Crippen molar-refractivity contribution in [2.75, 3.05) is 39.5 Å². The Hall–Kier alpha value is -4.84. The summed E-state index contributed by atoms with van der Waals surface area (Å²) in [5.74, 6) is -4.67. The predicted octanol–water partition coefficient (Wildman–Crippen LogP) is 7.20. The van der Waals surface area contributed by atoms with Crippen LogP contribution in [0.25, 0.3) is 10.8 Å². The number of likely N-dealkylation sites (N-methyl/N-ethyl adjacent to an activating group) is 1. The number of carboxylic acid groups (broad SMARTS) is 3. The van der Waals surface area contributed by atoms with Gasteiger partial charge in [0.1, 0.15) is 0 Å². The molecule has 12 nitrogen and oxygen atoms in total. The zero-order valence-electron chi connectivity index (χ0n) is 32.5. The predicted molar refractivity (Wildman–Crippen MR) is 223 cm³/mol. The highest BCUT2D eigenvalue weighted by atomic mass is 35.5. The van der Waals surface area contributed by atoms with E-state index in [0.29, 0.717) is 40.1 Å². The molecule has 0 aromatic heterocycles. The van der Waals surface area contributed by atoms with Gasteiger partial charge in [-0.2, -0.15) is 5.26 Å². The standard InChI is InChI=1S/C37H39Cl2N3O2S.C6H8O7/c1-4-30-29(23-40)21-27-9-5-6-11-32(27)36(30)37(43)41(2)24-28(26-13-14-33(38)34(39)22-26)17-20-42-18-15-25(16-19-42)31-10-7-8-12-35(31)45(3)44;7-3(8)1-6(13,5(11)12)2-4(9)10/h5-14,21-22,25,28H,4,15-20,24H2,1-3H3;13H,1-2H2,(H,7,8)(H,9,10)(H,11,12)/t28-,45+;/m1./s1. The van der Waals surface area contributed by atoms with Crippen LogP contribution in [0.1, 0.15) is 83.5 Å². The van der Waals surface area contributed by atoms with Crippen molar-refractivity contribution in [1.29, 1.82) is 5.26 Å². The largest absolute Gasteiger partial charge is 0.481 e. The maximum Gasteiger partial charge on any atom is 0.336 e. The van der Waals surface area contributed by atoms with Crippen molar-refractivity contribution in [1.82, 2.24) is 9.80 Å². The van der Waals surface area contributed by atoms with Gasteiger partial charge in [0.05, 0.1) is 50.9 Å². The summed E-state index contributed by atoms with van der Waals surface area (Å²) < 4.78 is 12.3. The van der Waals surface area contributed by atoms with Gasteiger partial charge in [0.2, 0.25) is 0 Å². The van der Waals surface area contributed by atoms with E-state index >= 15 is 0 Å². The lowest BCUT2D eigenvalue weighted by Crippen LogP contribution is -2.42. The number of rotatable bonds is 15. The van der Waals surface area contributed by atoms with Gasteiger partial charge in [-0.05, 0) is 103 Å². The van der Waals surface area contributed by atoms with Crippen LogP contribution in [0.3, 0.4) is 0 Å². The van der Waals surface area contributed by atoms with Crippen molar-refractivity contribution in [3.63, 3.8) is 0 Å². The van der Waals surface area contributed by atoms with Gasteiger partial charge in [0.15, 0.2) is 5.60 Å². The number of aliphatic hydroxyl groups is 1. The van der Waals surface area contributed by atoms with Crippen LogP contribution in [-0.2, 0) is 31.6 Å². The van der Waals surface area contributed by atoms with Crippen LogP contribution in [0, 0.1) is 11.3 Å². The molecule has 4 aromatic carbocycles. The van der Waals surface area contributed by atoms with E-state index in [1.54, 1.807) is 11.2 Å². The minimum atomic E-state index is -2.74. The summed E-state index contributed by atoms with van der Waals surface area (Å²) in [5.41, 5.74) is 1.46. The monoisotopic (exact) mass is 851 g/mol. The Morgan fingerprint density at radius 3 is 2.14 bits per heavy atom. The maximum absolute atomic E-state index is 14.2. The number of nitriles is 1. The summed E-state index contributed by atoms with van der Waals surface area (Å²) in [7, 11) is 0.845. The molecule has 1 aliphatic heterocycles. The molecular formula is C43H47Cl2N3O9S. The summed E-state index contributed by atoms with van der Waals surface area (Å²) in [4.78, 5) is 49.9. The molecule has 0 unspecified atom stereocenters. The second-order valence-corrected chi connectivity index (χ2v) is 16.6. The van der Waals surface area contributed by atoms with E-state index in [1.807, 2.05) is 80.7 Å². The van der Waals surface area contributed by atoms with E-state index in [1.165, 1.54) is 5.56 Å². The van der Waals surface area contributed by atoms with Gasteiger partial charge < -0.3 is 30.2 Å². The molecular weight excluding hydrogens is 805 g/mol. The van der Waals surface area contributed by atoms with Crippen LogP contribution in [0.5, 0.6) is 0 Å². The fourth-order valence-electron chi connectivity index (χ4n) is 7.44. The van der Waals surface area contributed by atoms with E-state index in [9.17, 15) is 28.6 Å². The maximum atomic E-state index is 14.2. The Labute approximate surface area is 350 Å². The average Bonchev–Trinajstić information content (AvgIpc) is 3.19. The summed E-state index contributed by atoms with van der Waals surface area (Å²) >= 11 is 12.8. The summed E-state index contributed by atoms with van der Waals surface area (Å²) in [6, 6.07) is 25.9. The quantitative estimate of drug-likeness (QED) is 0.0945. The third-order valence-corrected chi connectivity index (χ3v) is 12.2. The third kappa shape index (κ3) is 11.6. The van der Waals surface area contributed by atoms with E-state index in [-0.39, 0.29) is 11.8 Å². The fraction of sp³-hybridized carbons (Fsp3) is 0.372. The number of carbonyl (C=O) groups is 4. The minimum absolute atomic E-state index is 0.0326. The van der Waals surface area contributed by atoms with Crippen molar-refractivity contribution in [2.24, 2.45) is 0 Å². The number of halogens is 2. The first-order valence-corrected chi connectivity index (χ1v) is 21.0. The number of hydrogen-bond acceptors (Lipinski definition) is 8. The first-order chi connectivity index (χ1) is 27.5. The van der Waals surface area contributed by atoms with E-state index < -0.39 is 47.2 Å². The minimum Gasteiger partial charge on any atom is -0.481 e. The molecule has 4 N–H and O–H groups in total. The Balaban J connectivity index is 0.000000492. The van der Waals surface area contributed by atoms with Gasteiger partial charge in [0.25, 0.3) is 5.91 Å². The van der Waals surface area contributed by atoms with E-state index in [4.69, 9.17) is 43.6 Å². The molecule has 0 spiro atoms. The second-order valence-electron chi connectivity index (χ2n) is 14.4. The van der Waals surface area contributed by atoms with Crippen molar-refractivity contribution in [3.05, 3.63) is 111 Å². The van der Waals surface area contributed by atoms with Gasteiger partial charge in [-0.25, -0.2) is 4.79 Å². The third-order valence-electron chi connectivity index (χ3n) is 10.4. The number of benzene rings is 4. The van der Waals surface area contributed by atoms with Gasteiger partial charge in [0, 0.05) is 30.7 Å². The molecule has 2 atom stereocenters. The molecule has 1 saturated heterocycles. The Kier molecular flexibility index (Phi) is 16.4. The molecule has 1 fully saturated rings. The Bertz CT molecular complexity index is 2200. The highest BCUT2D eigenvalue weighted by Crippen LogP contribution is 2.34. The molecule has 58 heavy (non-hydrogen) atoms. The van der Waals surface area contributed by atoms with Crippen LogP contribution in [0.15, 0.2) is 77.7 Å². The Morgan fingerprint density at radius 2 is 1.57 bits per heavy atom. The van der Waals surface area contributed by atoms with Crippen LogP contribution >= 0.6 is 23.2 Å². The highest BCUT2D eigenvalue weighted by molar-refractivity contribution is 7.84. The number of aliphatic carboxylic acids is 3. The smallest absolute Gasteiger partial charge is 0.336 e. The lowest BCUT2D eigenvalue weighted by molar-refractivity contribution is -0.170. The fourth-order valence-corrected chi connectivity index (χ4v) is 8.58. The molecule has 1 amide bonds. The molecule has 0 radical (unpaired) electrons. The van der Waals surface area contributed by atoms with Crippen LogP contribution < -0.4 is 0 Å². The normalized spacial score (nSPS) is 14.4. The van der Waals surface area contributed by atoms with Gasteiger partial charge in [-0.1, -0.05) is 78.7 Å². The molecule has 5 rings (SSSR count). The van der Waals surface area contributed by atoms with Gasteiger partial charge in [-0.15, -0.1) is 0 Å². The lowest BCUT2D eigenvalue weighted by atomic mass is 9.88. The molecule has 0 saturated carbocycles. The lowest BCUT2D eigenvalue weighted by Gasteiger charge is -2.34. The number of nitrogens with zero attached hydrogens (tertiary/aromatic N) is 3. The summed E-state index contributed by atoms with van der Waals surface area (Å²) in [5, 5.41) is 46.5. The number of carbonyl (C=O) groups excluding carboxylic acids is 1. The zero-order valence-corrected chi connectivity index (χ0v) is 34.8. The highest BCUT2D eigenvalue weighted by Gasteiger charge is 2.40. The van der Waals surface area contributed by atoms with E-state index in [0.717, 1.165) is 65.7 Å². The molecule has 308 valence electrons. The first kappa shape index (κ1) is 45.9. The van der Waals surface area contributed by atoms with Gasteiger partial charge >= 0.3 is 17.9 Å². The molecule has 0 bridgehead atoms. The molecule has 1 heterocycles. The number of likely N-dealkylation sites (tertiary alicyclic amines) is 1. The number of hydrogen-bond donors (Lipinski definition) is 4. The summed E-state index contributed by atoms with van der Waals surface area (Å²) in [6.07, 6.45) is 2.94. The summed E-state index contributed by atoms with van der Waals surface area (Å²) in [6.45, 7) is 5.30. The first-order valence-electron chi connectivity index (χ1n) is 18.7. The van der Waals surface area contributed by atoms with Crippen molar-refractivity contribution in [2.45, 2.75) is 67.8 Å². The van der Waals surface area contributed by atoms with Crippen molar-refractivity contribution < 1.29 is 43.8 Å². The van der Waals surface area contributed by atoms with E-state index in [2.05, 4.69) is 17.0 Å². The Morgan fingerprint density at radius 1 is 0.948 bits per heavy atom. The number of fused-ring (bicyclic) bond motifs is 1. The topological polar surface area (TPSA) is 197 Å². The molecule has 1 aliphatic rings. The molecule has 15 heteroatoms. The van der Waals surface area contributed by atoms with Crippen molar-refractivity contribution in [3.8, 4) is 6.07 Å². The molecule has 0 aliphatic carbocycles. The SMILES string of the molecule is CCc1c(C#N)cc2ccccc2c1C(=O)N(C)C[C@@H](CCN1CCC(c2ccccc2[S@](C)=O)CC1)c1ccc(Cl)c(Cl)c1.O=C(O)CC(O)(CC(=O)O)C(=O)O.